The fraction of sp³-hybridized carbons (Fsp3) is 0.690. The van der Waals surface area contributed by atoms with Gasteiger partial charge in [-0.25, -0.2) is 4.79 Å². The van der Waals surface area contributed by atoms with Crippen LogP contribution in [-0.4, -0.2) is 19.1 Å². The number of nitrogens with one attached hydrogen (secondary N) is 1. The third-order valence-corrected chi connectivity index (χ3v) is 6.87. The van der Waals surface area contributed by atoms with Gasteiger partial charge in [-0.3, -0.25) is 0 Å². The van der Waals surface area contributed by atoms with Crippen LogP contribution >= 0.6 is 0 Å². The van der Waals surface area contributed by atoms with Crippen molar-refractivity contribution in [3.63, 3.8) is 0 Å². The Labute approximate surface area is 197 Å². The topological polar surface area (TPSA) is 38.3 Å². The molecular formula is C29H47NO2. The molecule has 0 spiro atoms. The van der Waals surface area contributed by atoms with Gasteiger partial charge in [0.15, 0.2) is 0 Å². The van der Waals surface area contributed by atoms with Gasteiger partial charge in [0.2, 0.25) is 0 Å². The molecule has 3 nitrogen and oxygen atoms in total. The fourth-order valence-electron chi connectivity index (χ4n) is 5.21. The maximum atomic E-state index is 12.5. The predicted octanol–water partition coefficient (Wildman–Crippen LogP) is 7.93. The van der Waals surface area contributed by atoms with Gasteiger partial charge < -0.3 is 10.1 Å². The fourth-order valence-corrected chi connectivity index (χ4v) is 5.21. The van der Waals surface area contributed by atoms with Crippen molar-refractivity contribution in [3.05, 3.63) is 41.5 Å². The quantitative estimate of drug-likeness (QED) is 0.161. The largest absolute Gasteiger partial charge is 0.462 e. The van der Waals surface area contributed by atoms with Crippen LogP contribution < -0.4 is 5.32 Å². The molecule has 0 aromatic heterocycles. The van der Waals surface area contributed by atoms with Gasteiger partial charge in [-0.2, -0.15) is 0 Å². The summed E-state index contributed by atoms with van der Waals surface area (Å²) in [5, 5.41) is 3.57. The Morgan fingerprint density at radius 1 is 0.875 bits per heavy atom. The van der Waals surface area contributed by atoms with E-state index in [4.69, 9.17) is 4.74 Å². The van der Waals surface area contributed by atoms with E-state index < -0.39 is 0 Å². The maximum Gasteiger partial charge on any atom is 0.332 e. The van der Waals surface area contributed by atoms with E-state index >= 15 is 0 Å². The van der Waals surface area contributed by atoms with Crippen molar-refractivity contribution < 1.29 is 9.53 Å². The molecule has 0 bridgehead atoms. The summed E-state index contributed by atoms with van der Waals surface area (Å²) in [4.78, 5) is 12.5. The molecule has 1 heterocycles. The lowest BCUT2D eigenvalue weighted by Gasteiger charge is -2.41. The van der Waals surface area contributed by atoms with E-state index in [2.05, 4.69) is 50.4 Å². The minimum Gasteiger partial charge on any atom is -0.462 e. The second-order valence-corrected chi connectivity index (χ2v) is 9.59. The minimum absolute atomic E-state index is 0.164. The van der Waals surface area contributed by atoms with Crippen molar-refractivity contribution in [2.45, 2.75) is 116 Å². The molecule has 0 aliphatic carbocycles. The highest BCUT2D eigenvalue weighted by atomic mass is 16.5. The van der Waals surface area contributed by atoms with Crippen molar-refractivity contribution in [2.24, 2.45) is 0 Å². The molecule has 180 valence electrons. The Morgan fingerprint density at radius 2 is 1.47 bits per heavy atom. The standard InChI is InChI=1S/C29H47NO2/c1-4-7-8-9-10-11-12-13-14-17-22-32-28(31)23-27-25-18-15-16-19-26(25)29(20-5-2,21-6-3)24-30-27/h15-16,18-19,23,30H,4-14,17,20-22,24H2,1-3H3/b27-23-. The highest BCUT2D eigenvalue weighted by Crippen LogP contribution is 2.41. The number of ether oxygens (including phenoxy) is 1. The molecule has 0 fully saturated rings. The smallest absolute Gasteiger partial charge is 0.332 e. The van der Waals surface area contributed by atoms with E-state index in [1.807, 2.05) is 0 Å². The van der Waals surface area contributed by atoms with Crippen molar-refractivity contribution >= 4 is 11.7 Å². The van der Waals surface area contributed by atoms with Crippen LogP contribution in [0.2, 0.25) is 0 Å². The summed E-state index contributed by atoms with van der Waals surface area (Å²) in [6, 6.07) is 8.59. The van der Waals surface area contributed by atoms with Crippen LogP contribution in [0.5, 0.6) is 0 Å². The molecule has 1 aromatic rings. The second-order valence-electron chi connectivity index (χ2n) is 9.59. The molecule has 1 aliphatic heterocycles. The summed E-state index contributed by atoms with van der Waals surface area (Å²) in [6.07, 6.45) is 19.2. The van der Waals surface area contributed by atoms with Crippen molar-refractivity contribution in [2.75, 3.05) is 13.2 Å². The van der Waals surface area contributed by atoms with E-state index in [1.54, 1.807) is 6.08 Å². The summed E-state index contributed by atoms with van der Waals surface area (Å²) < 4.78 is 5.52. The Morgan fingerprint density at radius 3 is 2.09 bits per heavy atom. The Bertz CT molecular complexity index is 688. The van der Waals surface area contributed by atoms with Gasteiger partial charge in [0, 0.05) is 29.3 Å². The normalized spacial score (nSPS) is 15.9. The Kier molecular flexibility index (Phi) is 12.5. The number of hydrogen-bond acceptors (Lipinski definition) is 3. The molecule has 0 amide bonds. The number of unbranched alkanes of at least 4 members (excludes halogenated alkanes) is 9. The second kappa shape index (κ2) is 15.1. The van der Waals surface area contributed by atoms with Crippen molar-refractivity contribution in [3.8, 4) is 0 Å². The van der Waals surface area contributed by atoms with E-state index in [0.29, 0.717) is 6.61 Å². The third-order valence-electron chi connectivity index (χ3n) is 6.87. The van der Waals surface area contributed by atoms with Gasteiger partial charge in [0.1, 0.15) is 0 Å². The summed E-state index contributed by atoms with van der Waals surface area (Å²) in [5.74, 6) is -0.225. The predicted molar refractivity (Wildman–Crippen MR) is 137 cm³/mol. The lowest BCUT2D eigenvalue weighted by Crippen LogP contribution is -2.42. The van der Waals surface area contributed by atoms with Crippen LogP contribution in [0.1, 0.15) is 122 Å². The molecular weight excluding hydrogens is 394 g/mol. The molecule has 0 unspecified atom stereocenters. The number of hydrogen-bond donors (Lipinski definition) is 1. The van der Waals surface area contributed by atoms with Crippen LogP contribution in [-0.2, 0) is 14.9 Å². The zero-order valence-electron chi connectivity index (χ0n) is 21.0. The molecule has 0 saturated carbocycles. The summed E-state index contributed by atoms with van der Waals surface area (Å²) in [6.45, 7) is 8.20. The van der Waals surface area contributed by atoms with Crippen LogP contribution in [0.25, 0.3) is 5.70 Å². The van der Waals surface area contributed by atoms with Crippen LogP contribution in [0.4, 0.5) is 0 Å². The van der Waals surface area contributed by atoms with Gasteiger partial charge in [-0.1, -0.05) is 116 Å². The zero-order valence-corrected chi connectivity index (χ0v) is 21.0. The van der Waals surface area contributed by atoms with E-state index in [0.717, 1.165) is 43.5 Å². The minimum atomic E-state index is -0.225. The number of rotatable bonds is 16. The highest BCUT2D eigenvalue weighted by molar-refractivity contribution is 5.92. The molecule has 3 heteroatoms. The maximum absolute atomic E-state index is 12.5. The average Bonchev–Trinajstić information content (AvgIpc) is 2.80. The van der Waals surface area contributed by atoms with E-state index in [1.165, 1.54) is 69.8 Å². The number of fused-ring (bicyclic) bond motifs is 1. The molecule has 0 saturated heterocycles. The summed E-state index contributed by atoms with van der Waals surface area (Å²) in [5.41, 5.74) is 3.63. The number of carbonyl (C=O) groups is 1. The first kappa shape index (κ1) is 26.5. The Hall–Kier alpha value is -1.77. The van der Waals surface area contributed by atoms with Gasteiger partial charge in [0.25, 0.3) is 0 Å². The van der Waals surface area contributed by atoms with Crippen molar-refractivity contribution in [1.82, 2.24) is 5.32 Å². The first-order valence-corrected chi connectivity index (χ1v) is 13.4. The molecule has 0 radical (unpaired) electrons. The highest BCUT2D eigenvalue weighted by Gasteiger charge is 2.36. The number of esters is 1. The average molecular weight is 442 g/mol. The molecule has 1 N–H and O–H groups in total. The summed E-state index contributed by atoms with van der Waals surface area (Å²) >= 11 is 0. The zero-order chi connectivity index (χ0) is 23.1. The van der Waals surface area contributed by atoms with Crippen LogP contribution in [0.3, 0.4) is 0 Å². The lowest BCUT2D eigenvalue weighted by atomic mass is 9.69. The van der Waals surface area contributed by atoms with Crippen LogP contribution in [0.15, 0.2) is 30.3 Å². The molecule has 1 aliphatic rings. The monoisotopic (exact) mass is 441 g/mol. The molecule has 0 atom stereocenters. The van der Waals surface area contributed by atoms with Gasteiger partial charge >= 0.3 is 5.97 Å². The molecule has 2 rings (SSSR count). The van der Waals surface area contributed by atoms with Gasteiger partial charge in [-0.15, -0.1) is 0 Å². The first-order valence-electron chi connectivity index (χ1n) is 13.4. The lowest BCUT2D eigenvalue weighted by molar-refractivity contribution is -0.137. The van der Waals surface area contributed by atoms with Gasteiger partial charge in [-0.05, 0) is 24.8 Å². The third kappa shape index (κ3) is 8.30. The van der Waals surface area contributed by atoms with Gasteiger partial charge in [0.05, 0.1) is 6.61 Å². The number of carbonyl (C=O) groups excluding carboxylic acids is 1. The van der Waals surface area contributed by atoms with Crippen LogP contribution in [0, 0.1) is 0 Å². The first-order chi connectivity index (χ1) is 15.7. The Balaban J connectivity index is 1.78. The summed E-state index contributed by atoms with van der Waals surface area (Å²) in [7, 11) is 0. The molecule has 1 aromatic carbocycles. The molecule has 32 heavy (non-hydrogen) atoms. The van der Waals surface area contributed by atoms with E-state index in [9.17, 15) is 4.79 Å². The SMILES string of the molecule is CCCCCCCCCCCCOC(=O)/C=C1\NCC(CCC)(CCC)c2ccccc21. The van der Waals surface area contributed by atoms with Crippen molar-refractivity contribution in [1.29, 1.82) is 0 Å². The number of benzene rings is 1. The van der Waals surface area contributed by atoms with E-state index in [-0.39, 0.29) is 11.4 Å².